The van der Waals surface area contributed by atoms with Gasteiger partial charge in [-0.3, -0.25) is 0 Å². The van der Waals surface area contributed by atoms with E-state index in [1.165, 1.54) is 18.6 Å². The Hall–Kier alpha value is -1.81. The molecule has 0 aliphatic rings. The highest BCUT2D eigenvalue weighted by atomic mass is 19.4. The van der Waals surface area contributed by atoms with Crippen molar-refractivity contribution in [2.45, 2.75) is 51.3 Å². The highest BCUT2D eigenvalue weighted by Gasteiger charge is 2.29. The summed E-state index contributed by atoms with van der Waals surface area (Å²) in [6, 6.07) is 12.5. The summed E-state index contributed by atoms with van der Waals surface area (Å²) < 4.78 is 37.8. The average molecular weight is 336 g/mol. The van der Waals surface area contributed by atoms with Crippen LogP contribution in [0.4, 0.5) is 13.2 Å². The molecular weight excluding hydrogens is 313 g/mol. The van der Waals surface area contributed by atoms with Crippen LogP contribution in [0.2, 0.25) is 0 Å². The van der Waals surface area contributed by atoms with E-state index in [0.717, 1.165) is 54.5 Å². The summed E-state index contributed by atoms with van der Waals surface area (Å²) in [6.45, 7) is 2.15. The molecule has 0 bridgehead atoms. The third-order valence-electron chi connectivity index (χ3n) is 4.17. The Balaban J connectivity index is 2.01. The second-order valence-electron chi connectivity index (χ2n) is 6.06. The van der Waals surface area contributed by atoms with Gasteiger partial charge in [-0.05, 0) is 35.2 Å². The van der Waals surface area contributed by atoms with Crippen molar-refractivity contribution in [1.82, 2.24) is 0 Å². The molecule has 1 N–H and O–H groups in total. The first kappa shape index (κ1) is 18.5. The van der Waals surface area contributed by atoms with Crippen LogP contribution in [-0.4, -0.2) is 5.11 Å². The zero-order valence-corrected chi connectivity index (χ0v) is 13.8. The summed E-state index contributed by atoms with van der Waals surface area (Å²) in [5.74, 6) is 0. The van der Waals surface area contributed by atoms with Gasteiger partial charge in [0.25, 0.3) is 0 Å². The summed E-state index contributed by atoms with van der Waals surface area (Å²) in [5, 5.41) is 10.2. The van der Waals surface area contributed by atoms with E-state index in [9.17, 15) is 18.3 Å². The zero-order valence-electron chi connectivity index (χ0n) is 13.8. The van der Waals surface area contributed by atoms with E-state index in [2.05, 4.69) is 6.92 Å². The first-order valence-electron chi connectivity index (χ1n) is 8.37. The minimum Gasteiger partial charge on any atom is -0.388 e. The van der Waals surface area contributed by atoms with Crippen molar-refractivity contribution >= 4 is 0 Å². The molecule has 24 heavy (non-hydrogen) atoms. The number of rotatable bonds is 7. The largest absolute Gasteiger partial charge is 0.416 e. The maximum atomic E-state index is 12.6. The van der Waals surface area contributed by atoms with Crippen LogP contribution in [0.1, 0.15) is 56.3 Å². The Bertz CT molecular complexity index is 615. The molecule has 0 fully saturated rings. The van der Waals surface area contributed by atoms with Gasteiger partial charge in [-0.1, -0.05) is 69.0 Å². The van der Waals surface area contributed by atoms with Crippen LogP contribution in [0.5, 0.6) is 0 Å². The van der Waals surface area contributed by atoms with Crippen LogP contribution in [0.25, 0.3) is 11.1 Å². The average Bonchev–Trinajstić information content (AvgIpc) is 2.58. The second-order valence-corrected chi connectivity index (χ2v) is 6.06. The summed E-state index contributed by atoms with van der Waals surface area (Å²) in [7, 11) is 0. The van der Waals surface area contributed by atoms with Gasteiger partial charge < -0.3 is 5.11 Å². The van der Waals surface area contributed by atoms with E-state index in [4.69, 9.17) is 0 Å². The standard InChI is InChI=1S/C20H23F3O/c1-2-3-4-5-6-19(24)17-9-7-15(8-10-17)16-11-13-18(14-12-16)20(21,22)23/h7-14,19,24H,2-6H2,1H3. The van der Waals surface area contributed by atoms with E-state index >= 15 is 0 Å². The molecule has 1 nitrogen and oxygen atoms in total. The Morgan fingerprint density at radius 1 is 0.833 bits per heavy atom. The molecule has 1 unspecified atom stereocenters. The van der Waals surface area contributed by atoms with Crippen LogP contribution >= 0.6 is 0 Å². The van der Waals surface area contributed by atoms with E-state index in [1.807, 2.05) is 24.3 Å². The van der Waals surface area contributed by atoms with E-state index in [-0.39, 0.29) is 0 Å². The van der Waals surface area contributed by atoms with Crippen molar-refractivity contribution in [2.24, 2.45) is 0 Å². The van der Waals surface area contributed by atoms with Gasteiger partial charge in [-0.25, -0.2) is 0 Å². The van der Waals surface area contributed by atoms with E-state index < -0.39 is 17.8 Å². The van der Waals surface area contributed by atoms with E-state index in [1.54, 1.807) is 0 Å². The first-order chi connectivity index (χ1) is 11.4. The smallest absolute Gasteiger partial charge is 0.388 e. The lowest BCUT2D eigenvalue weighted by Crippen LogP contribution is -2.04. The van der Waals surface area contributed by atoms with Crippen molar-refractivity contribution < 1.29 is 18.3 Å². The number of benzene rings is 2. The van der Waals surface area contributed by atoms with Gasteiger partial charge >= 0.3 is 6.18 Å². The molecule has 0 saturated carbocycles. The highest BCUT2D eigenvalue weighted by molar-refractivity contribution is 5.64. The fourth-order valence-electron chi connectivity index (χ4n) is 2.68. The quantitative estimate of drug-likeness (QED) is 0.582. The van der Waals surface area contributed by atoms with Crippen molar-refractivity contribution in [1.29, 1.82) is 0 Å². The Morgan fingerprint density at radius 3 is 1.88 bits per heavy atom. The van der Waals surface area contributed by atoms with Crippen LogP contribution < -0.4 is 0 Å². The van der Waals surface area contributed by atoms with Crippen molar-refractivity contribution in [3.8, 4) is 11.1 Å². The van der Waals surface area contributed by atoms with Gasteiger partial charge in [0.2, 0.25) is 0 Å². The molecule has 2 aromatic carbocycles. The van der Waals surface area contributed by atoms with Crippen LogP contribution in [-0.2, 0) is 6.18 Å². The molecule has 0 saturated heterocycles. The number of alkyl halides is 3. The molecule has 0 radical (unpaired) electrons. The molecule has 4 heteroatoms. The molecule has 0 amide bonds. The van der Waals surface area contributed by atoms with Gasteiger partial charge in [0.15, 0.2) is 0 Å². The number of halogens is 3. The summed E-state index contributed by atoms with van der Waals surface area (Å²) in [6.07, 6.45) is 0.400. The van der Waals surface area contributed by atoms with Crippen LogP contribution in [0.15, 0.2) is 48.5 Å². The molecule has 130 valence electrons. The van der Waals surface area contributed by atoms with E-state index in [0.29, 0.717) is 0 Å². The lowest BCUT2D eigenvalue weighted by molar-refractivity contribution is -0.137. The number of hydrogen-bond donors (Lipinski definition) is 1. The highest BCUT2D eigenvalue weighted by Crippen LogP contribution is 2.31. The normalized spacial score (nSPS) is 13.0. The Morgan fingerprint density at radius 2 is 1.38 bits per heavy atom. The molecule has 1 atom stereocenters. The Labute approximate surface area is 141 Å². The summed E-state index contributed by atoms with van der Waals surface area (Å²) in [5.41, 5.74) is 1.77. The van der Waals surface area contributed by atoms with Gasteiger partial charge in [-0.15, -0.1) is 0 Å². The molecule has 2 aromatic rings. The lowest BCUT2D eigenvalue weighted by atomic mass is 9.98. The molecule has 0 heterocycles. The first-order valence-corrected chi connectivity index (χ1v) is 8.37. The van der Waals surface area contributed by atoms with Gasteiger partial charge in [-0.2, -0.15) is 13.2 Å². The topological polar surface area (TPSA) is 20.2 Å². The molecular formula is C20H23F3O. The summed E-state index contributed by atoms with van der Waals surface area (Å²) >= 11 is 0. The molecule has 0 aliphatic heterocycles. The molecule has 0 spiro atoms. The van der Waals surface area contributed by atoms with Crippen molar-refractivity contribution in [3.05, 3.63) is 59.7 Å². The minimum atomic E-state index is -4.32. The molecule has 0 aliphatic carbocycles. The maximum Gasteiger partial charge on any atom is 0.416 e. The number of aliphatic hydroxyl groups excluding tert-OH is 1. The molecule has 2 rings (SSSR count). The number of aliphatic hydroxyl groups is 1. The van der Waals surface area contributed by atoms with Gasteiger partial charge in [0.05, 0.1) is 11.7 Å². The minimum absolute atomic E-state index is 0.483. The fraction of sp³-hybridized carbons (Fsp3) is 0.400. The maximum absolute atomic E-state index is 12.6. The zero-order chi connectivity index (χ0) is 17.6. The van der Waals surface area contributed by atoms with Crippen molar-refractivity contribution in [2.75, 3.05) is 0 Å². The number of unbranched alkanes of at least 4 members (excludes halogenated alkanes) is 3. The predicted molar refractivity (Wildman–Crippen MR) is 90.6 cm³/mol. The SMILES string of the molecule is CCCCCCC(O)c1ccc(-c2ccc(C(F)(F)F)cc2)cc1. The van der Waals surface area contributed by atoms with Crippen LogP contribution in [0, 0.1) is 0 Å². The summed E-state index contributed by atoms with van der Waals surface area (Å²) in [4.78, 5) is 0. The third kappa shape index (κ3) is 5.10. The Kier molecular flexibility index (Phi) is 6.44. The molecule has 0 aromatic heterocycles. The fourth-order valence-corrected chi connectivity index (χ4v) is 2.68. The third-order valence-corrected chi connectivity index (χ3v) is 4.17. The lowest BCUT2D eigenvalue weighted by Gasteiger charge is -2.12. The van der Waals surface area contributed by atoms with Crippen LogP contribution in [0.3, 0.4) is 0 Å². The monoisotopic (exact) mass is 336 g/mol. The van der Waals surface area contributed by atoms with Gasteiger partial charge in [0.1, 0.15) is 0 Å². The number of hydrogen-bond acceptors (Lipinski definition) is 1. The predicted octanol–water partition coefficient (Wildman–Crippen LogP) is 6.38. The van der Waals surface area contributed by atoms with Gasteiger partial charge in [0, 0.05) is 0 Å². The van der Waals surface area contributed by atoms with Crippen molar-refractivity contribution in [3.63, 3.8) is 0 Å². The second kappa shape index (κ2) is 8.34.